The fourth-order valence-corrected chi connectivity index (χ4v) is 4.91. The van der Waals surface area contributed by atoms with E-state index in [0.717, 1.165) is 63.4 Å². The Hall–Kier alpha value is -0.950. The minimum Gasteiger partial charge on any atom is -0.385 e. The van der Waals surface area contributed by atoms with Gasteiger partial charge in [0.2, 0.25) is 10.0 Å². The zero-order valence-electron chi connectivity index (χ0n) is 19.0. The molecule has 1 heterocycles. The molecular formula is C21H38IN5O3S. The molecule has 1 saturated heterocycles. The zero-order chi connectivity index (χ0) is 21.8. The van der Waals surface area contributed by atoms with Gasteiger partial charge in [0, 0.05) is 60.0 Å². The average Bonchev–Trinajstić information content (AvgIpc) is 2.77. The minimum absolute atomic E-state index is 0. The van der Waals surface area contributed by atoms with Crippen molar-refractivity contribution in [3.8, 4) is 0 Å². The van der Waals surface area contributed by atoms with E-state index in [1.54, 1.807) is 30.6 Å². The first-order valence-electron chi connectivity index (χ1n) is 10.7. The van der Waals surface area contributed by atoms with Gasteiger partial charge in [-0.1, -0.05) is 18.6 Å². The molecule has 0 aliphatic carbocycles. The first-order valence-corrected chi connectivity index (χ1v) is 12.1. The van der Waals surface area contributed by atoms with Gasteiger partial charge >= 0.3 is 0 Å². The highest BCUT2D eigenvalue weighted by molar-refractivity contribution is 14.0. The van der Waals surface area contributed by atoms with Gasteiger partial charge in [-0.05, 0) is 44.0 Å². The van der Waals surface area contributed by atoms with Gasteiger partial charge in [-0.15, -0.1) is 24.0 Å². The van der Waals surface area contributed by atoms with Crippen molar-refractivity contribution in [3.63, 3.8) is 0 Å². The highest BCUT2D eigenvalue weighted by Crippen LogP contribution is 2.20. The molecule has 0 saturated carbocycles. The fraction of sp³-hybridized carbons (Fsp3) is 0.667. The van der Waals surface area contributed by atoms with Crippen LogP contribution in [0, 0.1) is 0 Å². The summed E-state index contributed by atoms with van der Waals surface area (Å²) in [6.07, 6.45) is 4.01. The van der Waals surface area contributed by atoms with E-state index < -0.39 is 10.0 Å². The van der Waals surface area contributed by atoms with Gasteiger partial charge in [0.05, 0.1) is 4.90 Å². The summed E-state index contributed by atoms with van der Waals surface area (Å²) in [4.78, 5) is 6.87. The van der Waals surface area contributed by atoms with E-state index in [-0.39, 0.29) is 24.0 Å². The third kappa shape index (κ3) is 9.60. The average molecular weight is 568 g/mol. The number of halogens is 1. The lowest BCUT2D eigenvalue weighted by Gasteiger charge is -2.25. The SMILES string of the molecule is CN=C(NCCN(C)CCCOC)NCc1ccc(S(=O)(=O)N2CCCCC2)cc1.I. The maximum atomic E-state index is 12.7. The molecular weight excluding hydrogens is 529 g/mol. The van der Waals surface area contributed by atoms with Crippen molar-refractivity contribution in [2.45, 2.75) is 37.1 Å². The van der Waals surface area contributed by atoms with Crippen LogP contribution in [0.15, 0.2) is 34.2 Å². The Labute approximate surface area is 204 Å². The number of guanidine groups is 1. The maximum absolute atomic E-state index is 12.7. The van der Waals surface area contributed by atoms with Gasteiger partial charge in [0.25, 0.3) is 0 Å². The number of sulfonamides is 1. The van der Waals surface area contributed by atoms with Gasteiger partial charge in [-0.3, -0.25) is 4.99 Å². The largest absolute Gasteiger partial charge is 0.385 e. The molecule has 2 rings (SSSR count). The minimum atomic E-state index is -3.38. The predicted molar refractivity (Wildman–Crippen MR) is 137 cm³/mol. The van der Waals surface area contributed by atoms with E-state index in [2.05, 4.69) is 27.6 Å². The quantitative estimate of drug-likeness (QED) is 0.185. The van der Waals surface area contributed by atoms with Crippen LogP contribution in [-0.4, -0.2) is 84.1 Å². The summed E-state index contributed by atoms with van der Waals surface area (Å²) in [5.74, 6) is 0.727. The lowest BCUT2D eigenvalue weighted by molar-refractivity contribution is 0.180. The van der Waals surface area contributed by atoms with Crippen molar-refractivity contribution in [1.82, 2.24) is 19.8 Å². The second-order valence-corrected chi connectivity index (χ2v) is 9.55. The number of aliphatic imine (C=N–C) groups is 1. The van der Waals surface area contributed by atoms with Gasteiger partial charge in [0.1, 0.15) is 0 Å². The van der Waals surface area contributed by atoms with E-state index in [1.165, 1.54) is 0 Å². The summed E-state index contributed by atoms with van der Waals surface area (Å²) in [5.41, 5.74) is 1.01. The van der Waals surface area contributed by atoms with Crippen LogP contribution in [0.4, 0.5) is 0 Å². The number of benzene rings is 1. The Morgan fingerprint density at radius 1 is 1.13 bits per heavy atom. The third-order valence-corrected chi connectivity index (χ3v) is 7.15. The Morgan fingerprint density at radius 2 is 1.81 bits per heavy atom. The number of ether oxygens (including phenoxy) is 1. The van der Waals surface area contributed by atoms with Crippen LogP contribution in [0.2, 0.25) is 0 Å². The topological polar surface area (TPSA) is 86.3 Å². The van der Waals surface area contributed by atoms with E-state index >= 15 is 0 Å². The van der Waals surface area contributed by atoms with Crippen LogP contribution in [-0.2, 0) is 21.3 Å². The van der Waals surface area contributed by atoms with E-state index in [1.807, 2.05) is 12.1 Å². The molecule has 0 amide bonds. The molecule has 31 heavy (non-hydrogen) atoms. The normalized spacial score (nSPS) is 15.5. The number of rotatable bonds is 11. The lowest BCUT2D eigenvalue weighted by Crippen LogP contribution is -2.40. The van der Waals surface area contributed by atoms with Crippen LogP contribution < -0.4 is 10.6 Å². The zero-order valence-corrected chi connectivity index (χ0v) is 22.1. The van der Waals surface area contributed by atoms with Gasteiger partial charge in [-0.25, -0.2) is 8.42 Å². The molecule has 0 aromatic heterocycles. The van der Waals surface area contributed by atoms with Crippen molar-refractivity contribution in [2.75, 3.05) is 60.5 Å². The molecule has 8 nitrogen and oxygen atoms in total. The monoisotopic (exact) mass is 567 g/mol. The number of hydrogen-bond acceptors (Lipinski definition) is 5. The summed E-state index contributed by atoms with van der Waals surface area (Å²) in [6.45, 7) is 5.29. The van der Waals surface area contributed by atoms with Crippen molar-refractivity contribution < 1.29 is 13.2 Å². The molecule has 0 radical (unpaired) electrons. The number of nitrogens with zero attached hydrogens (tertiary/aromatic N) is 3. The van der Waals surface area contributed by atoms with E-state index in [4.69, 9.17) is 4.74 Å². The van der Waals surface area contributed by atoms with Crippen molar-refractivity contribution in [1.29, 1.82) is 0 Å². The molecule has 1 aromatic carbocycles. The van der Waals surface area contributed by atoms with E-state index in [0.29, 0.717) is 24.5 Å². The van der Waals surface area contributed by atoms with Crippen LogP contribution in [0.25, 0.3) is 0 Å². The smallest absolute Gasteiger partial charge is 0.243 e. The molecule has 0 atom stereocenters. The fourth-order valence-electron chi connectivity index (χ4n) is 3.40. The number of hydrogen-bond donors (Lipinski definition) is 2. The van der Waals surface area contributed by atoms with Crippen molar-refractivity contribution in [3.05, 3.63) is 29.8 Å². The van der Waals surface area contributed by atoms with Gasteiger partial charge in [-0.2, -0.15) is 4.31 Å². The van der Waals surface area contributed by atoms with Crippen LogP contribution in [0.1, 0.15) is 31.2 Å². The van der Waals surface area contributed by atoms with Gasteiger partial charge in [0.15, 0.2) is 5.96 Å². The molecule has 2 N–H and O–H groups in total. The second kappa shape index (κ2) is 15.0. The van der Waals surface area contributed by atoms with Crippen LogP contribution in [0.5, 0.6) is 0 Å². The van der Waals surface area contributed by atoms with Crippen LogP contribution in [0.3, 0.4) is 0 Å². The summed E-state index contributed by atoms with van der Waals surface area (Å²) in [6, 6.07) is 7.12. The standard InChI is InChI=1S/C21H37N5O3S.HI/c1-22-21(23-12-16-25(2)13-7-17-29-3)24-18-19-8-10-20(11-9-19)30(27,28)26-14-5-4-6-15-26;/h8-11H,4-7,12-18H2,1-3H3,(H2,22,23,24);1H. The summed E-state index contributed by atoms with van der Waals surface area (Å²) in [7, 11) is 2.17. The first-order chi connectivity index (χ1) is 14.5. The molecule has 0 bridgehead atoms. The first kappa shape index (κ1) is 28.1. The molecule has 1 aromatic rings. The molecule has 1 fully saturated rings. The highest BCUT2D eigenvalue weighted by Gasteiger charge is 2.25. The number of nitrogens with one attached hydrogen (secondary N) is 2. The highest BCUT2D eigenvalue weighted by atomic mass is 127. The Bertz CT molecular complexity index is 753. The maximum Gasteiger partial charge on any atom is 0.243 e. The Kier molecular flexibility index (Phi) is 13.6. The lowest BCUT2D eigenvalue weighted by atomic mass is 10.2. The Morgan fingerprint density at radius 3 is 2.42 bits per heavy atom. The molecule has 0 unspecified atom stereocenters. The summed E-state index contributed by atoms with van der Waals surface area (Å²) >= 11 is 0. The number of methoxy groups -OCH3 is 1. The van der Waals surface area contributed by atoms with E-state index in [9.17, 15) is 8.42 Å². The summed E-state index contributed by atoms with van der Waals surface area (Å²) in [5, 5.41) is 6.58. The van der Waals surface area contributed by atoms with Crippen LogP contribution >= 0.6 is 24.0 Å². The number of likely N-dealkylation sites (N-methyl/N-ethyl adjacent to an activating group) is 1. The van der Waals surface area contributed by atoms with Crippen molar-refractivity contribution >= 4 is 40.0 Å². The molecule has 0 spiro atoms. The summed E-state index contributed by atoms with van der Waals surface area (Å²) < 4.78 is 32.1. The third-order valence-electron chi connectivity index (χ3n) is 5.23. The predicted octanol–water partition coefficient (Wildman–Crippen LogP) is 2.11. The molecule has 1 aliphatic heterocycles. The molecule has 10 heteroatoms. The second-order valence-electron chi connectivity index (χ2n) is 7.61. The molecule has 1 aliphatic rings. The van der Waals surface area contributed by atoms with Gasteiger partial charge < -0.3 is 20.3 Å². The number of piperidine rings is 1. The molecule has 178 valence electrons. The Balaban J connectivity index is 0.00000480. The van der Waals surface area contributed by atoms with Crippen molar-refractivity contribution in [2.24, 2.45) is 4.99 Å².